The van der Waals surface area contributed by atoms with Crippen molar-refractivity contribution in [2.75, 3.05) is 0 Å². The normalized spacial score (nSPS) is 14.1. The molecular formula is C13H12N4O4. The molecule has 0 radical (unpaired) electrons. The van der Waals surface area contributed by atoms with Gasteiger partial charge in [-0.3, -0.25) is 10.1 Å². The van der Waals surface area contributed by atoms with Gasteiger partial charge in [0.25, 0.3) is 5.69 Å². The first kappa shape index (κ1) is 13.2. The van der Waals surface area contributed by atoms with E-state index in [2.05, 4.69) is 10.3 Å². The van der Waals surface area contributed by atoms with Crippen molar-refractivity contribution in [1.29, 1.82) is 0 Å². The molecule has 3 rings (SSSR count). The summed E-state index contributed by atoms with van der Waals surface area (Å²) in [6, 6.07) is 4.38. The summed E-state index contributed by atoms with van der Waals surface area (Å²) in [5.41, 5.74) is 1.77. The summed E-state index contributed by atoms with van der Waals surface area (Å²) in [6.07, 6.45) is 1.80. The van der Waals surface area contributed by atoms with Gasteiger partial charge in [-0.25, -0.2) is 9.48 Å². The van der Waals surface area contributed by atoms with E-state index in [0.717, 1.165) is 12.8 Å². The Labute approximate surface area is 119 Å². The Hall–Kier alpha value is -2.77. The number of non-ortho nitro benzene ring substituents is 1. The molecule has 8 heteroatoms. The Kier molecular flexibility index (Phi) is 2.93. The standard InChI is InChI=1S/C13H12N4O4/c1-7-6-9(17(20)21)4-5-10(7)16-12(8-2-3-8)11(13(18)19)14-15-16/h4-6,8H,2-3H2,1H3,(H,18,19). The van der Waals surface area contributed by atoms with Crippen molar-refractivity contribution in [2.24, 2.45) is 0 Å². The summed E-state index contributed by atoms with van der Waals surface area (Å²) in [5, 5.41) is 27.6. The van der Waals surface area contributed by atoms with Crippen molar-refractivity contribution in [3.63, 3.8) is 0 Å². The molecule has 2 aromatic rings. The van der Waals surface area contributed by atoms with E-state index >= 15 is 0 Å². The van der Waals surface area contributed by atoms with Crippen LogP contribution in [0.3, 0.4) is 0 Å². The molecule has 1 saturated carbocycles. The third-order valence-electron chi connectivity index (χ3n) is 3.49. The SMILES string of the molecule is Cc1cc([N+](=O)[O-])ccc1-n1nnc(C(=O)O)c1C1CC1. The number of carboxylic acids is 1. The molecule has 0 amide bonds. The van der Waals surface area contributed by atoms with Crippen molar-refractivity contribution in [2.45, 2.75) is 25.7 Å². The van der Waals surface area contributed by atoms with E-state index in [1.54, 1.807) is 13.0 Å². The van der Waals surface area contributed by atoms with Gasteiger partial charge >= 0.3 is 5.97 Å². The van der Waals surface area contributed by atoms with Gasteiger partial charge in [0.1, 0.15) is 0 Å². The van der Waals surface area contributed by atoms with E-state index in [9.17, 15) is 20.0 Å². The number of aromatic carboxylic acids is 1. The zero-order valence-corrected chi connectivity index (χ0v) is 11.2. The lowest BCUT2D eigenvalue weighted by Crippen LogP contribution is -2.07. The fraction of sp³-hybridized carbons (Fsp3) is 0.308. The molecule has 1 N–H and O–H groups in total. The highest BCUT2D eigenvalue weighted by Crippen LogP contribution is 2.42. The van der Waals surface area contributed by atoms with Gasteiger partial charge in [0.15, 0.2) is 5.69 Å². The molecule has 0 saturated heterocycles. The number of hydrogen-bond acceptors (Lipinski definition) is 5. The van der Waals surface area contributed by atoms with Crippen LogP contribution in [0.4, 0.5) is 5.69 Å². The molecule has 1 aliphatic carbocycles. The lowest BCUT2D eigenvalue weighted by molar-refractivity contribution is -0.384. The number of carboxylic acid groups (broad SMARTS) is 1. The first-order valence-electron chi connectivity index (χ1n) is 6.43. The molecule has 1 fully saturated rings. The highest BCUT2D eigenvalue weighted by molar-refractivity contribution is 5.87. The van der Waals surface area contributed by atoms with Crippen LogP contribution in [0.5, 0.6) is 0 Å². The zero-order chi connectivity index (χ0) is 15.1. The van der Waals surface area contributed by atoms with Gasteiger partial charge in [0, 0.05) is 18.1 Å². The van der Waals surface area contributed by atoms with Crippen molar-refractivity contribution in [1.82, 2.24) is 15.0 Å². The van der Waals surface area contributed by atoms with E-state index in [0.29, 0.717) is 16.9 Å². The van der Waals surface area contributed by atoms with E-state index in [1.807, 2.05) is 0 Å². The van der Waals surface area contributed by atoms with E-state index < -0.39 is 10.9 Å². The summed E-state index contributed by atoms with van der Waals surface area (Å²) in [6.45, 7) is 1.72. The fourth-order valence-electron chi connectivity index (χ4n) is 2.33. The van der Waals surface area contributed by atoms with Gasteiger partial charge in [-0.2, -0.15) is 0 Å². The monoisotopic (exact) mass is 288 g/mol. The minimum absolute atomic E-state index is 0.0113. The van der Waals surface area contributed by atoms with Crippen molar-refractivity contribution in [3.8, 4) is 5.69 Å². The highest BCUT2D eigenvalue weighted by Gasteiger charge is 2.34. The maximum absolute atomic E-state index is 11.2. The van der Waals surface area contributed by atoms with Gasteiger partial charge in [-0.05, 0) is 31.4 Å². The molecule has 0 spiro atoms. The topological polar surface area (TPSA) is 111 Å². The molecule has 21 heavy (non-hydrogen) atoms. The molecule has 0 atom stereocenters. The smallest absolute Gasteiger partial charge is 0.358 e. The average Bonchev–Trinajstić information content (AvgIpc) is 3.17. The summed E-state index contributed by atoms with van der Waals surface area (Å²) in [5.74, 6) is -0.969. The largest absolute Gasteiger partial charge is 0.476 e. The minimum atomic E-state index is -1.11. The van der Waals surface area contributed by atoms with Crippen LogP contribution in [-0.2, 0) is 0 Å². The lowest BCUT2D eigenvalue weighted by atomic mass is 10.1. The Morgan fingerprint density at radius 1 is 1.48 bits per heavy atom. The number of nitro groups is 1. The van der Waals surface area contributed by atoms with Crippen molar-refractivity contribution < 1.29 is 14.8 Å². The van der Waals surface area contributed by atoms with Gasteiger partial charge < -0.3 is 5.11 Å². The molecule has 0 bridgehead atoms. The molecule has 8 nitrogen and oxygen atoms in total. The van der Waals surface area contributed by atoms with Crippen molar-refractivity contribution >= 4 is 11.7 Å². The van der Waals surface area contributed by atoms with Crippen LogP contribution in [0.15, 0.2) is 18.2 Å². The predicted octanol–water partition coefficient (Wildman–Crippen LogP) is 2.06. The third kappa shape index (κ3) is 2.24. The van der Waals surface area contributed by atoms with Gasteiger partial charge in [-0.1, -0.05) is 5.21 Å². The second kappa shape index (κ2) is 4.65. The van der Waals surface area contributed by atoms with E-state index in [-0.39, 0.29) is 17.3 Å². The maximum Gasteiger partial charge on any atom is 0.358 e. The van der Waals surface area contributed by atoms with Gasteiger partial charge in [0.05, 0.1) is 16.3 Å². The summed E-state index contributed by atoms with van der Waals surface area (Å²) in [4.78, 5) is 21.5. The van der Waals surface area contributed by atoms with E-state index in [1.165, 1.54) is 16.8 Å². The third-order valence-corrected chi connectivity index (χ3v) is 3.49. The summed E-state index contributed by atoms with van der Waals surface area (Å²) >= 11 is 0. The molecule has 0 aliphatic heterocycles. The lowest BCUT2D eigenvalue weighted by Gasteiger charge is -2.08. The Balaban J connectivity index is 2.13. The quantitative estimate of drug-likeness (QED) is 0.680. The average molecular weight is 288 g/mol. The Morgan fingerprint density at radius 3 is 2.71 bits per heavy atom. The van der Waals surface area contributed by atoms with Crippen LogP contribution < -0.4 is 0 Å². The number of carbonyl (C=O) groups is 1. The number of nitrogens with zero attached hydrogens (tertiary/aromatic N) is 4. The second-order valence-electron chi connectivity index (χ2n) is 5.04. The molecule has 1 aromatic carbocycles. The number of hydrogen-bond donors (Lipinski definition) is 1. The number of rotatable bonds is 4. The van der Waals surface area contributed by atoms with Crippen LogP contribution in [-0.4, -0.2) is 31.0 Å². The van der Waals surface area contributed by atoms with Crippen LogP contribution >= 0.6 is 0 Å². The first-order valence-corrected chi connectivity index (χ1v) is 6.43. The Bertz CT molecular complexity index is 749. The summed E-state index contributed by atoms with van der Waals surface area (Å²) < 4.78 is 1.49. The summed E-state index contributed by atoms with van der Waals surface area (Å²) in [7, 11) is 0. The highest BCUT2D eigenvalue weighted by atomic mass is 16.6. The van der Waals surface area contributed by atoms with Gasteiger partial charge in [-0.15, -0.1) is 5.10 Å². The molecule has 1 aromatic heterocycles. The molecule has 0 unspecified atom stereocenters. The minimum Gasteiger partial charge on any atom is -0.476 e. The number of benzene rings is 1. The maximum atomic E-state index is 11.2. The van der Waals surface area contributed by atoms with Gasteiger partial charge in [0.2, 0.25) is 0 Å². The van der Waals surface area contributed by atoms with Crippen LogP contribution in [0.25, 0.3) is 5.69 Å². The second-order valence-corrected chi connectivity index (χ2v) is 5.04. The van der Waals surface area contributed by atoms with Crippen LogP contribution in [0.1, 0.15) is 40.5 Å². The van der Waals surface area contributed by atoms with Crippen molar-refractivity contribution in [3.05, 3.63) is 45.3 Å². The number of nitro benzene ring substituents is 1. The van der Waals surface area contributed by atoms with Crippen LogP contribution in [0.2, 0.25) is 0 Å². The number of aryl methyl sites for hydroxylation is 1. The Morgan fingerprint density at radius 2 is 2.19 bits per heavy atom. The fourth-order valence-corrected chi connectivity index (χ4v) is 2.33. The first-order chi connectivity index (χ1) is 9.99. The number of aromatic nitrogens is 3. The zero-order valence-electron chi connectivity index (χ0n) is 11.2. The molecule has 1 aliphatic rings. The molecular weight excluding hydrogens is 276 g/mol. The molecule has 1 heterocycles. The molecule has 108 valence electrons. The predicted molar refractivity (Wildman–Crippen MR) is 71.7 cm³/mol. The van der Waals surface area contributed by atoms with Crippen LogP contribution in [0, 0.1) is 17.0 Å². The van der Waals surface area contributed by atoms with E-state index in [4.69, 9.17) is 0 Å².